The molecule has 2 heterocycles. The Morgan fingerprint density at radius 3 is 2.62 bits per heavy atom. The van der Waals surface area contributed by atoms with Gasteiger partial charge in [-0.25, -0.2) is 0 Å². The maximum absolute atomic E-state index is 5.63. The SMILES string of the molecule is COc1cccc([C@@H]2[C@@H](c3ccccc3)CCN2Cc2nnc(C)o2)c1. The highest BCUT2D eigenvalue weighted by atomic mass is 16.5. The van der Waals surface area contributed by atoms with E-state index in [-0.39, 0.29) is 6.04 Å². The Morgan fingerprint density at radius 1 is 1.08 bits per heavy atom. The second kappa shape index (κ2) is 7.30. The quantitative estimate of drug-likeness (QED) is 0.693. The van der Waals surface area contributed by atoms with Gasteiger partial charge in [-0.3, -0.25) is 4.90 Å². The molecule has 0 spiro atoms. The molecule has 0 N–H and O–H groups in total. The number of hydrogen-bond donors (Lipinski definition) is 0. The molecule has 1 saturated heterocycles. The molecule has 26 heavy (non-hydrogen) atoms. The van der Waals surface area contributed by atoms with E-state index in [0.717, 1.165) is 18.7 Å². The van der Waals surface area contributed by atoms with Crippen molar-refractivity contribution >= 4 is 0 Å². The number of benzene rings is 2. The summed E-state index contributed by atoms with van der Waals surface area (Å²) in [5.41, 5.74) is 2.62. The van der Waals surface area contributed by atoms with Crippen molar-refractivity contribution in [3.05, 3.63) is 77.5 Å². The Hall–Kier alpha value is -2.66. The number of likely N-dealkylation sites (tertiary alicyclic amines) is 1. The van der Waals surface area contributed by atoms with Gasteiger partial charge in [-0.05, 0) is 36.2 Å². The first-order valence-corrected chi connectivity index (χ1v) is 8.96. The fraction of sp³-hybridized carbons (Fsp3) is 0.333. The third-order valence-corrected chi connectivity index (χ3v) is 5.07. The number of methoxy groups -OCH3 is 1. The van der Waals surface area contributed by atoms with Crippen LogP contribution in [0, 0.1) is 6.92 Å². The molecular weight excluding hydrogens is 326 g/mol. The van der Waals surface area contributed by atoms with Crippen LogP contribution in [0.4, 0.5) is 0 Å². The van der Waals surface area contributed by atoms with E-state index in [2.05, 4.69) is 63.6 Å². The standard InChI is InChI=1S/C21H23N3O2/c1-15-22-23-20(26-15)14-24-12-11-19(16-7-4-3-5-8-16)21(24)17-9-6-10-18(13-17)25-2/h3-10,13,19,21H,11-12,14H2,1-2H3/t19-,21-/m1/s1. The molecule has 1 aliphatic heterocycles. The van der Waals surface area contributed by atoms with Crippen molar-refractivity contribution in [1.82, 2.24) is 15.1 Å². The van der Waals surface area contributed by atoms with Gasteiger partial charge in [0, 0.05) is 18.9 Å². The largest absolute Gasteiger partial charge is 0.497 e. The van der Waals surface area contributed by atoms with Crippen molar-refractivity contribution in [3.8, 4) is 5.75 Å². The minimum Gasteiger partial charge on any atom is -0.497 e. The predicted octanol–water partition coefficient (Wildman–Crippen LogP) is 4.12. The smallest absolute Gasteiger partial charge is 0.230 e. The van der Waals surface area contributed by atoms with Crippen molar-refractivity contribution in [2.45, 2.75) is 31.8 Å². The number of rotatable bonds is 5. The molecule has 1 fully saturated rings. The van der Waals surface area contributed by atoms with Crippen LogP contribution < -0.4 is 4.74 Å². The fourth-order valence-electron chi connectivity index (χ4n) is 3.93. The Morgan fingerprint density at radius 2 is 1.88 bits per heavy atom. The summed E-state index contributed by atoms with van der Waals surface area (Å²) >= 11 is 0. The van der Waals surface area contributed by atoms with Gasteiger partial charge in [0.05, 0.1) is 13.7 Å². The van der Waals surface area contributed by atoms with Gasteiger partial charge < -0.3 is 9.15 Å². The van der Waals surface area contributed by atoms with Crippen molar-refractivity contribution in [2.24, 2.45) is 0 Å². The molecule has 1 aromatic heterocycles. The second-order valence-electron chi connectivity index (χ2n) is 6.71. The van der Waals surface area contributed by atoms with E-state index < -0.39 is 0 Å². The second-order valence-corrected chi connectivity index (χ2v) is 6.71. The van der Waals surface area contributed by atoms with E-state index in [9.17, 15) is 0 Å². The molecule has 0 bridgehead atoms. The molecule has 5 heteroatoms. The summed E-state index contributed by atoms with van der Waals surface area (Å²) in [5.74, 6) is 2.59. The first-order chi connectivity index (χ1) is 12.7. The molecule has 0 aliphatic carbocycles. The van der Waals surface area contributed by atoms with Crippen LogP contribution in [0.5, 0.6) is 5.75 Å². The summed E-state index contributed by atoms with van der Waals surface area (Å²) in [6.45, 7) is 3.47. The maximum Gasteiger partial charge on any atom is 0.230 e. The lowest BCUT2D eigenvalue weighted by molar-refractivity contribution is 0.214. The first kappa shape index (κ1) is 16.8. The molecule has 5 nitrogen and oxygen atoms in total. The molecule has 2 atom stereocenters. The maximum atomic E-state index is 5.63. The molecule has 2 aromatic carbocycles. The number of aromatic nitrogens is 2. The molecular formula is C21H23N3O2. The summed E-state index contributed by atoms with van der Waals surface area (Å²) < 4.78 is 11.1. The van der Waals surface area contributed by atoms with Crippen molar-refractivity contribution < 1.29 is 9.15 Å². The molecule has 0 amide bonds. The Labute approximate surface area is 153 Å². The molecule has 3 aromatic rings. The molecule has 134 valence electrons. The van der Waals surface area contributed by atoms with E-state index in [1.165, 1.54) is 11.1 Å². The van der Waals surface area contributed by atoms with E-state index >= 15 is 0 Å². The highest BCUT2D eigenvalue weighted by Gasteiger charge is 2.37. The number of ether oxygens (including phenoxy) is 1. The monoisotopic (exact) mass is 349 g/mol. The highest BCUT2D eigenvalue weighted by molar-refractivity contribution is 5.35. The fourth-order valence-corrected chi connectivity index (χ4v) is 3.93. The van der Waals surface area contributed by atoms with Gasteiger partial charge >= 0.3 is 0 Å². The summed E-state index contributed by atoms with van der Waals surface area (Å²) in [7, 11) is 1.71. The lowest BCUT2D eigenvalue weighted by atomic mass is 9.87. The van der Waals surface area contributed by atoms with Crippen LogP contribution in [0.1, 0.15) is 41.3 Å². The van der Waals surface area contributed by atoms with Gasteiger partial charge in [0.25, 0.3) is 0 Å². The van der Waals surface area contributed by atoms with Gasteiger partial charge in [0.15, 0.2) is 0 Å². The topological polar surface area (TPSA) is 51.4 Å². The molecule has 4 rings (SSSR count). The van der Waals surface area contributed by atoms with Crippen LogP contribution >= 0.6 is 0 Å². The lowest BCUT2D eigenvalue weighted by Gasteiger charge is -2.28. The summed E-state index contributed by atoms with van der Waals surface area (Å²) in [5, 5.41) is 8.15. The first-order valence-electron chi connectivity index (χ1n) is 8.96. The Balaban J connectivity index is 1.69. The van der Waals surface area contributed by atoms with Crippen molar-refractivity contribution in [3.63, 3.8) is 0 Å². The zero-order valence-corrected chi connectivity index (χ0v) is 15.1. The van der Waals surface area contributed by atoms with E-state index in [0.29, 0.717) is 24.2 Å². The lowest BCUT2D eigenvalue weighted by Crippen LogP contribution is -2.25. The third-order valence-electron chi connectivity index (χ3n) is 5.07. The van der Waals surface area contributed by atoms with E-state index in [4.69, 9.17) is 9.15 Å². The number of nitrogens with zero attached hydrogens (tertiary/aromatic N) is 3. The average molecular weight is 349 g/mol. The Kier molecular flexibility index (Phi) is 4.71. The minimum atomic E-state index is 0.250. The number of aryl methyl sites for hydroxylation is 1. The van der Waals surface area contributed by atoms with Gasteiger partial charge in [0.2, 0.25) is 11.8 Å². The average Bonchev–Trinajstić information content (AvgIpc) is 3.29. The van der Waals surface area contributed by atoms with Crippen LogP contribution in [-0.2, 0) is 6.54 Å². The van der Waals surface area contributed by atoms with Crippen molar-refractivity contribution in [2.75, 3.05) is 13.7 Å². The van der Waals surface area contributed by atoms with Gasteiger partial charge in [-0.15, -0.1) is 10.2 Å². The summed E-state index contributed by atoms with van der Waals surface area (Å²) in [6.07, 6.45) is 1.10. The van der Waals surface area contributed by atoms with E-state index in [1.807, 2.05) is 13.0 Å². The normalized spacial score (nSPS) is 20.4. The van der Waals surface area contributed by atoms with E-state index in [1.54, 1.807) is 7.11 Å². The minimum absolute atomic E-state index is 0.250. The molecule has 1 aliphatic rings. The molecule has 0 radical (unpaired) electrons. The van der Waals surface area contributed by atoms with Gasteiger partial charge in [-0.1, -0.05) is 42.5 Å². The Bertz CT molecular complexity index is 862. The zero-order chi connectivity index (χ0) is 17.9. The van der Waals surface area contributed by atoms with Gasteiger partial charge in [-0.2, -0.15) is 0 Å². The van der Waals surface area contributed by atoms with Crippen molar-refractivity contribution in [1.29, 1.82) is 0 Å². The number of hydrogen-bond acceptors (Lipinski definition) is 5. The van der Waals surface area contributed by atoms with Crippen LogP contribution in [0.15, 0.2) is 59.0 Å². The highest BCUT2D eigenvalue weighted by Crippen LogP contribution is 2.44. The van der Waals surface area contributed by atoms with Crippen LogP contribution in [0.25, 0.3) is 0 Å². The summed E-state index contributed by atoms with van der Waals surface area (Å²) in [4.78, 5) is 2.43. The molecule has 0 unspecified atom stereocenters. The van der Waals surface area contributed by atoms with Crippen LogP contribution in [0.2, 0.25) is 0 Å². The molecule has 0 saturated carbocycles. The van der Waals surface area contributed by atoms with Crippen LogP contribution in [-0.4, -0.2) is 28.8 Å². The predicted molar refractivity (Wildman–Crippen MR) is 99.0 cm³/mol. The van der Waals surface area contributed by atoms with Gasteiger partial charge in [0.1, 0.15) is 5.75 Å². The summed E-state index contributed by atoms with van der Waals surface area (Å²) in [6, 6.07) is 19.3. The zero-order valence-electron chi connectivity index (χ0n) is 15.1. The van der Waals surface area contributed by atoms with Crippen LogP contribution in [0.3, 0.4) is 0 Å². The third kappa shape index (κ3) is 3.35.